The van der Waals surface area contributed by atoms with Crippen molar-refractivity contribution < 1.29 is 23.9 Å². The maximum absolute atomic E-state index is 14.3. The SMILES string of the molecule is Cc1n[nH]c(C)c1-c1ccc(NC(=O)[C@@H](NC(=O)c2ccnn2C)[C@@H]2CCCc3ccc(-c4cnn(C5CC5)c4)cc32)cc1.Cc1nn(COCC[Si](C)(C)C)c(C)c1-c1ccc(NC(=O)[C@@H](NC(=O)c2ccnn2C)[C@@H]2CCCc3ccc(-c4cnn(C5CC5)c4)cc32)cc1. The van der Waals surface area contributed by atoms with Crippen LogP contribution in [-0.2, 0) is 48.0 Å². The van der Waals surface area contributed by atoms with Crippen LogP contribution in [0.4, 0.5) is 11.4 Å². The Morgan fingerprint density at radius 2 is 1.04 bits per heavy atom. The van der Waals surface area contributed by atoms with Gasteiger partial charge >= 0.3 is 0 Å². The first kappa shape index (κ1) is 64.9. The molecule has 10 aromatic rings. The predicted molar refractivity (Wildman–Crippen MR) is 374 cm³/mol. The van der Waals surface area contributed by atoms with Gasteiger partial charge in [0.1, 0.15) is 30.2 Å². The van der Waals surface area contributed by atoms with Gasteiger partial charge in [0, 0.05) is 110 Å². The monoisotopic (exact) mass is 1310 g/mol. The first-order chi connectivity index (χ1) is 46.3. The van der Waals surface area contributed by atoms with Crippen molar-refractivity contribution in [2.45, 2.75) is 160 Å². The summed E-state index contributed by atoms with van der Waals surface area (Å²) in [6.45, 7) is 16.2. The summed E-state index contributed by atoms with van der Waals surface area (Å²) < 4.78 is 15.1. The van der Waals surface area contributed by atoms with Crippen LogP contribution in [0, 0.1) is 27.7 Å². The Labute approximate surface area is 560 Å². The van der Waals surface area contributed by atoms with Gasteiger partial charge in [-0.3, -0.25) is 43.0 Å². The minimum absolute atomic E-state index is 0.204. The summed E-state index contributed by atoms with van der Waals surface area (Å²) in [6.07, 6.45) is 21.2. The summed E-state index contributed by atoms with van der Waals surface area (Å²) in [6, 6.07) is 32.5. The fourth-order valence-corrected chi connectivity index (χ4v) is 14.5. The zero-order chi connectivity index (χ0) is 66.9. The third kappa shape index (κ3) is 14.4. The van der Waals surface area contributed by atoms with Gasteiger partial charge in [-0.2, -0.15) is 30.6 Å². The number of carbonyl (C=O) groups is 4. The lowest BCUT2D eigenvalue weighted by Crippen LogP contribution is -2.48. The summed E-state index contributed by atoms with van der Waals surface area (Å²) in [4.78, 5) is 55.5. The van der Waals surface area contributed by atoms with E-state index in [4.69, 9.17) is 9.84 Å². The molecule has 4 aromatic carbocycles. The Hall–Kier alpha value is -9.80. The second-order valence-electron chi connectivity index (χ2n) is 27.6. The van der Waals surface area contributed by atoms with Crippen molar-refractivity contribution in [2.75, 3.05) is 17.2 Å². The number of amides is 4. The minimum Gasteiger partial charge on any atom is -0.360 e. The first-order valence-corrected chi connectivity index (χ1v) is 37.4. The number of hydrogen-bond acceptors (Lipinski definition) is 11. The molecule has 0 saturated heterocycles. The van der Waals surface area contributed by atoms with E-state index < -0.39 is 20.2 Å². The van der Waals surface area contributed by atoms with Crippen molar-refractivity contribution in [3.05, 3.63) is 191 Å². The van der Waals surface area contributed by atoms with Gasteiger partial charge in [0.05, 0.1) is 35.9 Å². The van der Waals surface area contributed by atoms with E-state index in [1.54, 1.807) is 38.6 Å². The molecule has 5 N–H and O–H groups in total. The van der Waals surface area contributed by atoms with E-state index in [1.807, 2.05) is 86.4 Å². The lowest BCUT2D eigenvalue weighted by atomic mass is 9.77. The molecule has 2 saturated carbocycles. The number of hydrogen-bond donors (Lipinski definition) is 5. The third-order valence-corrected chi connectivity index (χ3v) is 21.1. The summed E-state index contributed by atoms with van der Waals surface area (Å²) in [5.74, 6) is -1.61. The summed E-state index contributed by atoms with van der Waals surface area (Å²) in [5.41, 5.74) is 19.0. The minimum atomic E-state index is -1.17. The average Bonchev–Trinajstić information content (AvgIpc) is 1.17. The van der Waals surface area contributed by atoms with E-state index in [9.17, 15) is 19.2 Å². The number of aromatic amines is 1. The van der Waals surface area contributed by atoms with Gasteiger partial charge in [-0.05, 0) is 179 Å². The molecule has 496 valence electrons. The van der Waals surface area contributed by atoms with Gasteiger partial charge in [0.25, 0.3) is 11.8 Å². The van der Waals surface area contributed by atoms with E-state index >= 15 is 0 Å². The first-order valence-electron chi connectivity index (χ1n) is 33.7. The van der Waals surface area contributed by atoms with E-state index in [-0.39, 0.29) is 35.5 Å². The molecule has 14 rings (SSSR count). The van der Waals surface area contributed by atoms with Gasteiger partial charge in [0.15, 0.2) is 0 Å². The van der Waals surface area contributed by atoms with Crippen LogP contribution in [0.5, 0.6) is 0 Å². The Bertz CT molecular complexity index is 4460. The van der Waals surface area contributed by atoms with Gasteiger partial charge in [-0.15, -0.1) is 0 Å². The zero-order valence-electron chi connectivity index (χ0n) is 56.3. The number of aromatic nitrogens is 12. The Morgan fingerprint density at radius 1 is 0.573 bits per heavy atom. The second-order valence-corrected chi connectivity index (χ2v) is 33.2. The van der Waals surface area contributed by atoms with Crippen molar-refractivity contribution in [1.82, 2.24) is 69.7 Å². The molecule has 4 aliphatic rings. The van der Waals surface area contributed by atoms with E-state index in [1.165, 1.54) is 46.2 Å². The highest BCUT2D eigenvalue weighted by Crippen LogP contribution is 2.42. The maximum atomic E-state index is 14.3. The Balaban J connectivity index is 0.000000176. The number of nitrogens with zero attached hydrogens (tertiary/aromatic N) is 11. The predicted octanol–water partition coefficient (Wildman–Crippen LogP) is 12.8. The summed E-state index contributed by atoms with van der Waals surface area (Å²) in [7, 11) is 2.28. The fraction of sp³-hybridized carbons (Fsp3) is 0.378. The molecule has 4 amide bonds. The molecule has 2 fully saturated rings. The van der Waals surface area contributed by atoms with Crippen molar-refractivity contribution in [3.63, 3.8) is 0 Å². The van der Waals surface area contributed by atoms with Gasteiger partial charge in [-0.25, -0.2) is 4.68 Å². The Morgan fingerprint density at radius 3 is 1.47 bits per heavy atom. The molecule has 0 aliphatic heterocycles. The summed E-state index contributed by atoms with van der Waals surface area (Å²) >= 11 is 0. The number of aryl methyl sites for hydroxylation is 7. The molecular formula is C74H86N16O5Si. The number of anilines is 2. The average molecular weight is 1310 g/mol. The molecule has 4 atom stereocenters. The van der Waals surface area contributed by atoms with Crippen LogP contribution in [-0.4, -0.2) is 109 Å². The highest BCUT2D eigenvalue weighted by Gasteiger charge is 2.38. The number of carbonyl (C=O) groups excluding carboxylic acids is 4. The highest BCUT2D eigenvalue weighted by atomic mass is 28.3. The normalized spacial score (nSPS) is 16.6. The molecule has 0 spiro atoms. The Kier molecular flexibility index (Phi) is 18.6. The van der Waals surface area contributed by atoms with Crippen molar-refractivity contribution in [3.8, 4) is 44.5 Å². The van der Waals surface area contributed by atoms with E-state index in [0.29, 0.717) is 41.6 Å². The molecule has 21 nitrogen and oxygen atoms in total. The van der Waals surface area contributed by atoms with Crippen LogP contribution >= 0.6 is 0 Å². The number of ether oxygens (including phenoxy) is 1. The van der Waals surface area contributed by atoms with Crippen LogP contribution in [0.15, 0.2) is 134 Å². The molecule has 0 bridgehead atoms. The standard InChI is InChI=1S/C40H50N8O3Si.C34H36N8O2/c1-26-37(27(2)48(45-26)25-51-20-21-52(4,5)6)29-12-14-32(15-13-29)43-40(50)38(44-39(49)36-18-19-41-46(36)3)34-9-7-8-28-10-11-30(22-35(28)34)31-23-42-47(24-31)33-16-17-33;1-20-31(21(2)40-39-20)23-9-11-26(12-10-23)37-34(44)32(38-33(43)30-15-16-35-41(30)3)28-6-4-5-22-7-8-24(17-29(22)28)25-18-36-42(19-25)27-13-14-27/h10-15,18-19,22-24,33-34,38H,7-9,16-17,20-21,25H2,1-6H3,(H,43,50)(H,44,49);7-12,15-19,27-28,32H,4-6,13-14H2,1-3H3,(H,37,44)(H,38,43)(H,39,40)/t34-,38+;28-,32+/m11/s1. The molecular weight excluding hydrogens is 1220 g/mol. The summed E-state index contributed by atoms with van der Waals surface area (Å²) in [5, 5.41) is 42.0. The lowest BCUT2D eigenvalue weighted by molar-refractivity contribution is -0.119. The van der Waals surface area contributed by atoms with Crippen molar-refractivity contribution in [2.24, 2.45) is 14.1 Å². The van der Waals surface area contributed by atoms with Gasteiger partial charge in [0.2, 0.25) is 11.8 Å². The van der Waals surface area contributed by atoms with E-state index in [0.717, 1.165) is 130 Å². The lowest BCUT2D eigenvalue weighted by Gasteiger charge is -2.32. The molecule has 6 heterocycles. The van der Waals surface area contributed by atoms with Gasteiger partial charge < -0.3 is 26.0 Å². The smallest absolute Gasteiger partial charge is 0.270 e. The number of benzene rings is 4. The number of nitrogens with one attached hydrogen (secondary N) is 5. The maximum Gasteiger partial charge on any atom is 0.270 e. The van der Waals surface area contributed by atoms with Crippen molar-refractivity contribution >= 4 is 43.1 Å². The molecule has 96 heavy (non-hydrogen) atoms. The molecule has 6 aromatic heterocycles. The third-order valence-electron chi connectivity index (χ3n) is 19.4. The molecule has 4 aliphatic carbocycles. The largest absolute Gasteiger partial charge is 0.360 e. The van der Waals surface area contributed by atoms with Crippen LogP contribution in [0.2, 0.25) is 25.7 Å². The quantitative estimate of drug-likeness (QED) is 0.0335. The van der Waals surface area contributed by atoms with Crippen LogP contribution in [0.3, 0.4) is 0 Å². The topological polar surface area (TPSA) is 243 Å². The highest BCUT2D eigenvalue weighted by molar-refractivity contribution is 6.76. The van der Waals surface area contributed by atoms with E-state index in [2.05, 4.69) is 137 Å². The van der Waals surface area contributed by atoms with Crippen LogP contribution in [0.25, 0.3) is 44.5 Å². The number of rotatable bonds is 21. The van der Waals surface area contributed by atoms with Gasteiger partial charge in [-0.1, -0.05) is 80.3 Å². The fourth-order valence-electron chi connectivity index (χ4n) is 13.7. The number of fused-ring (bicyclic) bond motifs is 2. The molecule has 0 unspecified atom stereocenters. The second kappa shape index (κ2) is 27.5. The van der Waals surface area contributed by atoms with Crippen molar-refractivity contribution in [1.29, 1.82) is 0 Å². The zero-order valence-corrected chi connectivity index (χ0v) is 57.3. The molecule has 0 radical (unpaired) electrons. The molecule has 22 heteroatoms. The number of H-pyrrole nitrogens is 1. The van der Waals surface area contributed by atoms with Crippen LogP contribution in [0.1, 0.15) is 141 Å². The van der Waals surface area contributed by atoms with Crippen LogP contribution < -0.4 is 21.3 Å².